The summed E-state index contributed by atoms with van der Waals surface area (Å²) in [6.07, 6.45) is 3.08. The third kappa shape index (κ3) is 8.55. The zero-order chi connectivity index (χ0) is 10.1. The van der Waals surface area contributed by atoms with Crippen LogP contribution in [0.3, 0.4) is 0 Å². The molecule has 5 heteroatoms. The third-order valence-corrected chi connectivity index (χ3v) is 1.06. The summed E-state index contributed by atoms with van der Waals surface area (Å²) in [4.78, 5) is 25.0. The van der Waals surface area contributed by atoms with Crippen LogP contribution >= 0.6 is 0 Å². The van der Waals surface area contributed by atoms with E-state index in [0.717, 1.165) is 18.9 Å². The van der Waals surface area contributed by atoms with Crippen molar-refractivity contribution in [3.05, 3.63) is 19.1 Å². The van der Waals surface area contributed by atoms with Gasteiger partial charge < -0.3 is 9.94 Å². The Balaban J connectivity index is 3.46. The van der Waals surface area contributed by atoms with Crippen LogP contribution in [0.15, 0.2) is 12.2 Å². The average Bonchev–Trinajstić information content (AvgIpc) is 2.09. The van der Waals surface area contributed by atoms with Gasteiger partial charge in [0.2, 0.25) is 0 Å². The molecule has 0 aliphatic heterocycles. The number of hydrogen-bond acceptors (Lipinski definition) is 4. The summed E-state index contributed by atoms with van der Waals surface area (Å²) < 4.78 is 0. The highest BCUT2D eigenvalue weighted by atomic mass is 16.7. The van der Waals surface area contributed by atoms with Crippen molar-refractivity contribution in [2.45, 2.75) is 12.8 Å². The first-order valence-electron chi connectivity index (χ1n) is 3.80. The van der Waals surface area contributed by atoms with E-state index in [4.69, 9.17) is 5.11 Å². The number of hydroxylamine groups is 1. The van der Waals surface area contributed by atoms with E-state index in [-0.39, 0.29) is 0 Å². The second kappa shape index (κ2) is 7.30. The summed E-state index contributed by atoms with van der Waals surface area (Å²) in [6, 6.07) is 0. The summed E-state index contributed by atoms with van der Waals surface area (Å²) >= 11 is 0. The predicted octanol–water partition coefficient (Wildman–Crippen LogP) is 0.289. The fourth-order valence-corrected chi connectivity index (χ4v) is 0.493. The molecular weight excluding hydrogens is 174 g/mol. The molecule has 13 heavy (non-hydrogen) atoms. The molecule has 5 nitrogen and oxygen atoms in total. The van der Waals surface area contributed by atoms with Gasteiger partial charge in [-0.05, 0) is 6.42 Å². The quantitative estimate of drug-likeness (QED) is 0.354. The summed E-state index contributed by atoms with van der Waals surface area (Å²) in [7, 11) is 0. The Morgan fingerprint density at radius 2 is 2.15 bits per heavy atom. The lowest BCUT2D eigenvalue weighted by molar-refractivity contribution is -0.145. The van der Waals surface area contributed by atoms with Gasteiger partial charge in [0.15, 0.2) is 0 Å². The molecule has 0 saturated heterocycles. The lowest BCUT2D eigenvalue weighted by atomic mass is 10.3. The maximum Gasteiger partial charge on any atom is 0.349 e. The summed E-state index contributed by atoms with van der Waals surface area (Å²) in [5.74, 6) is -1.92. The smallest absolute Gasteiger partial charge is 0.349 e. The van der Waals surface area contributed by atoms with E-state index in [1.54, 1.807) is 0 Å². The number of carboxylic acid groups (broad SMARTS) is 1. The van der Waals surface area contributed by atoms with E-state index in [9.17, 15) is 9.59 Å². The van der Waals surface area contributed by atoms with Crippen LogP contribution in [0, 0.1) is 6.92 Å². The first-order valence-corrected chi connectivity index (χ1v) is 3.80. The molecule has 0 aliphatic rings. The minimum absolute atomic E-state index is 0.510. The van der Waals surface area contributed by atoms with Crippen molar-refractivity contribution in [3.63, 3.8) is 0 Å². The number of nitrogens with one attached hydrogen (secondary N) is 1. The van der Waals surface area contributed by atoms with Crippen molar-refractivity contribution >= 4 is 11.9 Å². The molecule has 0 spiro atoms. The first kappa shape index (κ1) is 11.6. The van der Waals surface area contributed by atoms with E-state index >= 15 is 0 Å². The normalized spacial score (nSPS) is 10.2. The molecule has 0 aliphatic carbocycles. The molecule has 0 fully saturated rings. The summed E-state index contributed by atoms with van der Waals surface area (Å²) in [6.45, 7) is 4.10. The highest BCUT2D eigenvalue weighted by molar-refractivity contribution is 5.90. The molecule has 2 N–H and O–H groups in total. The molecule has 0 heterocycles. The maximum absolute atomic E-state index is 10.7. The number of carboxylic acids is 1. The number of carbonyl (C=O) groups is 2. The van der Waals surface area contributed by atoms with Gasteiger partial charge in [-0.3, -0.25) is 0 Å². The van der Waals surface area contributed by atoms with Gasteiger partial charge in [-0.25, -0.2) is 9.59 Å². The largest absolute Gasteiger partial charge is 0.478 e. The van der Waals surface area contributed by atoms with Crippen LogP contribution in [0.4, 0.5) is 0 Å². The number of carbonyl (C=O) groups excluding carboxylic acids is 1. The maximum atomic E-state index is 10.7. The topological polar surface area (TPSA) is 75.6 Å². The lowest BCUT2D eigenvalue weighted by Gasteiger charge is -2.00. The molecule has 0 unspecified atom stereocenters. The Kier molecular flexibility index (Phi) is 6.53. The second-order valence-electron chi connectivity index (χ2n) is 2.19. The van der Waals surface area contributed by atoms with Crippen LogP contribution in [-0.4, -0.2) is 23.6 Å². The zero-order valence-corrected chi connectivity index (χ0v) is 7.16. The highest BCUT2D eigenvalue weighted by Gasteiger charge is 1.96. The standard InChI is InChI=1S/C8H12NO4/c1-2-3-6-9-13-8(12)5-4-7(10)11/h4-5,9H,1-3,6H2,(H,10,11)/b5-4-. The van der Waals surface area contributed by atoms with Crippen LogP contribution in [0.25, 0.3) is 0 Å². The predicted molar refractivity (Wildman–Crippen MR) is 45.5 cm³/mol. The molecule has 0 atom stereocenters. The highest BCUT2D eigenvalue weighted by Crippen LogP contribution is 1.83. The lowest BCUT2D eigenvalue weighted by Crippen LogP contribution is -2.19. The molecule has 73 valence electrons. The molecule has 0 rings (SSSR count). The summed E-state index contributed by atoms with van der Waals surface area (Å²) in [5, 5.41) is 8.15. The fraction of sp³-hybridized carbons (Fsp3) is 0.375. The van der Waals surface area contributed by atoms with Gasteiger partial charge in [0.25, 0.3) is 0 Å². The van der Waals surface area contributed by atoms with E-state index in [1.807, 2.05) is 0 Å². The van der Waals surface area contributed by atoms with Gasteiger partial charge in [0.05, 0.1) is 0 Å². The molecule has 0 aromatic rings. The van der Waals surface area contributed by atoms with Crippen molar-refractivity contribution in [3.8, 4) is 0 Å². The Morgan fingerprint density at radius 1 is 1.46 bits per heavy atom. The molecule has 1 radical (unpaired) electrons. The second-order valence-corrected chi connectivity index (χ2v) is 2.19. The van der Waals surface area contributed by atoms with Crippen molar-refractivity contribution in [1.29, 1.82) is 0 Å². The van der Waals surface area contributed by atoms with Gasteiger partial charge in [-0.2, -0.15) is 5.48 Å². The molecule has 0 aromatic heterocycles. The van der Waals surface area contributed by atoms with Crippen LogP contribution in [0.2, 0.25) is 0 Å². The number of aliphatic carboxylic acids is 1. The minimum Gasteiger partial charge on any atom is -0.478 e. The zero-order valence-electron chi connectivity index (χ0n) is 7.16. The van der Waals surface area contributed by atoms with Gasteiger partial charge in [0, 0.05) is 18.7 Å². The molecule has 0 saturated carbocycles. The van der Waals surface area contributed by atoms with Gasteiger partial charge in [-0.1, -0.05) is 13.3 Å². The molecule has 0 aromatic carbocycles. The number of unbranched alkanes of at least 4 members (excludes halogenated alkanes) is 1. The van der Waals surface area contributed by atoms with E-state index in [0.29, 0.717) is 12.6 Å². The monoisotopic (exact) mass is 186 g/mol. The Bertz CT molecular complexity index is 200. The van der Waals surface area contributed by atoms with Crippen molar-refractivity contribution < 1.29 is 19.5 Å². The Labute approximate surface area is 76.3 Å². The molecular formula is C8H12NO4. The van der Waals surface area contributed by atoms with Gasteiger partial charge in [-0.15, -0.1) is 0 Å². The SMILES string of the molecule is [CH2]CCCNOC(=O)/C=C\C(=O)O. The number of rotatable bonds is 6. The van der Waals surface area contributed by atoms with Crippen LogP contribution in [0.1, 0.15) is 12.8 Å². The van der Waals surface area contributed by atoms with E-state index in [2.05, 4.69) is 17.2 Å². The molecule has 0 amide bonds. The van der Waals surface area contributed by atoms with Crippen molar-refractivity contribution in [2.24, 2.45) is 0 Å². The van der Waals surface area contributed by atoms with Gasteiger partial charge >= 0.3 is 11.9 Å². The van der Waals surface area contributed by atoms with Gasteiger partial charge in [0.1, 0.15) is 0 Å². The van der Waals surface area contributed by atoms with Crippen LogP contribution < -0.4 is 5.48 Å². The Morgan fingerprint density at radius 3 is 2.69 bits per heavy atom. The Hall–Kier alpha value is -1.36. The molecule has 0 bridgehead atoms. The third-order valence-electron chi connectivity index (χ3n) is 1.06. The van der Waals surface area contributed by atoms with E-state index in [1.165, 1.54) is 0 Å². The average molecular weight is 186 g/mol. The van der Waals surface area contributed by atoms with Crippen LogP contribution in [-0.2, 0) is 14.4 Å². The van der Waals surface area contributed by atoms with Crippen molar-refractivity contribution in [2.75, 3.05) is 6.54 Å². The number of hydrogen-bond donors (Lipinski definition) is 2. The van der Waals surface area contributed by atoms with Crippen molar-refractivity contribution in [1.82, 2.24) is 5.48 Å². The fourth-order valence-electron chi connectivity index (χ4n) is 0.493. The van der Waals surface area contributed by atoms with E-state index < -0.39 is 11.9 Å². The first-order chi connectivity index (χ1) is 6.16. The minimum atomic E-state index is -1.19. The van der Waals surface area contributed by atoms with Crippen LogP contribution in [0.5, 0.6) is 0 Å². The summed E-state index contributed by atoms with van der Waals surface area (Å²) in [5.41, 5.74) is 2.38.